The molecule has 8 heavy (non-hydrogen) atoms. The second-order valence-corrected chi connectivity index (χ2v) is 1.67. The van der Waals surface area contributed by atoms with Crippen molar-refractivity contribution in [2.75, 3.05) is 0 Å². The summed E-state index contributed by atoms with van der Waals surface area (Å²) in [4.78, 5) is 10.4. The van der Waals surface area contributed by atoms with Crippen LogP contribution in [0, 0.1) is 0 Å². The third-order valence-corrected chi connectivity index (χ3v) is 0.815. The van der Waals surface area contributed by atoms with Crippen molar-refractivity contribution in [2.45, 2.75) is 19.8 Å². The van der Waals surface area contributed by atoms with Gasteiger partial charge in [0.05, 0.1) is 5.49 Å². The Morgan fingerprint density at radius 3 is 2.88 bits per heavy atom. The molecule has 0 saturated heterocycles. The molecule has 0 aliphatic rings. The van der Waals surface area contributed by atoms with Crippen molar-refractivity contribution in [3.8, 4) is 0 Å². The van der Waals surface area contributed by atoms with Gasteiger partial charge in [0.2, 0.25) is 5.91 Å². The van der Waals surface area contributed by atoms with Crippen LogP contribution >= 0.6 is 12.2 Å². The van der Waals surface area contributed by atoms with Gasteiger partial charge in [0, 0.05) is 6.42 Å². The first-order chi connectivity index (χ1) is 3.81. The van der Waals surface area contributed by atoms with Gasteiger partial charge in [0.15, 0.2) is 0 Å². The molecule has 0 rings (SSSR count). The lowest BCUT2D eigenvalue weighted by molar-refractivity contribution is -0.119. The Bertz CT molecular complexity index is 92.4. The van der Waals surface area contributed by atoms with Crippen molar-refractivity contribution in [1.82, 2.24) is 5.32 Å². The summed E-state index contributed by atoms with van der Waals surface area (Å²) < 4.78 is 0. The molecule has 0 fully saturated rings. The summed E-state index contributed by atoms with van der Waals surface area (Å²) in [5, 5.41) is 2.40. The zero-order valence-electron chi connectivity index (χ0n) is 4.81. The summed E-state index contributed by atoms with van der Waals surface area (Å²) in [6, 6.07) is 0. The van der Waals surface area contributed by atoms with E-state index >= 15 is 0 Å². The second-order valence-electron chi connectivity index (χ2n) is 1.44. The molecular weight excluding hydrogens is 122 g/mol. The second kappa shape index (κ2) is 4.71. The molecule has 0 heterocycles. The van der Waals surface area contributed by atoms with Gasteiger partial charge in [-0.05, 0) is 6.42 Å². The molecule has 1 amide bonds. The van der Waals surface area contributed by atoms with E-state index in [-0.39, 0.29) is 5.91 Å². The molecule has 46 valence electrons. The van der Waals surface area contributed by atoms with Gasteiger partial charge in [0.25, 0.3) is 0 Å². The number of thiocarbonyl (C=S) groups is 1. The minimum absolute atomic E-state index is 0.00231. The van der Waals surface area contributed by atoms with Gasteiger partial charge in [-0.2, -0.15) is 0 Å². The number of hydrogen-bond donors (Lipinski definition) is 1. The fourth-order valence-electron chi connectivity index (χ4n) is 0.365. The normalized spacial score (nSPS) is 8.12. The van der Waals surface area contributed by atoms with E-state index in [1.807, 2.05) is 6.92 Å². The van der Waals surface area contributed by atoms with Crippen molar-refractivity contribution in [2.24, 2.45) is 0 Å². The molecule has 0 aliphatic heterocycles. The highest BCUT2D eigenvalue weighted by molar-refractivity contribution is 7.78. The van der Waals surface area contributed by atoms with Crippen molar-refractivity contribution < 1.29 is 4.79 Å². The molecule has 0 aromatic rings. The van der Waals surface area contributed by atoms with E-state index in [4.69, 9.17) is 0 Å². The number of carbonyl (C=O) groups is 1. The van der Waals surface area contributed by atoms with E-state index in [9.17, 15) is 4.79 Å². The van der Waals surface area contributed by atoms with E-state index in [0.717, 1.165) is 6.42 Å². The van der Waals surface area contributed by atoms with Crippen LogP contribution in [0.25, 0.3) is 0 Å². The summed E-state index contributed by atoms with van der Waals surface area (Å²) in [5.74, 6) is 0.00231. The van der Waals surface area contributed by atoms with Gasteiger partial charge in [-0.1, -0.05) is 19.1 Å². The van der Waals surface area contributed by atoms with Crippen molar-refractivity contribution in [3.05, 3.63) is 0 Å². The summed E-state index contributed by atoms with van der Waals surface area (Å²) in [6.45, 7) is 1.95. The van der Waals surface area contributed by atoms with Gasteiger partial charge in [-0.3, -0.25) is 4.79 Å². The van der Waals surface area contributed by atoms with E-state index in [1.165, 1.54) is 5.49 Å². The minimum atomic E-state index is 0.00231. The molecule has 0 aromatic carbocycles. The lowest BCUT2D eigenvalue weighted by Gasteiger charge is -1.91. The number of rotatable bonds is 3. The van der Waals surface area contributed by atoms with Crippen LogP contribution in [0.3, 0.4) is 0 Å². The van der Waals surface area contributed by atoms with Crippen LogP contribution in [0.4, 0.5) is 0 Å². The lowest BCUT2D eigenvalue weighted by Crippen LogP contribution is -2.19. The molecule has 0 atom stereocenters. The standard InChI is InChI=1S/C5H9NOS/c1-2-3-5(7)6-4-8/h4H,2-3H2,1H3,(H,6,7,8). The predicted octanol–water partition coefficient (Wildman–Crippen LogP) is 0.860. The van der Waals surface area contributed by atoms with Crippen LogP contribution in [0.15, 0.2) is 0 Å². The fourth-order valence-corrected chi connectivity index (χ4v) is 0.496. The molecule has 2 nitrogen and oxygen atoms in total. The maximum absolute atomic E-state index is 10.4. The maximum Gasteiger partial charge on any atom is 0.224 e. The summed E-state index contributed by atoms with van der Waals surface area (Å²) in [6.07, 6.45) is 1.43. The van der Waals surface area contributed by atoms with Gasteiger partial charge < -0.3 is 5.32 Å². The third-order valence-electron chi connectivity index (χ3n) is 0.697. The first-order valence-electron chi connectivity index (χ1n) is 2.54. The zero-order chi connectivity index (χ0) is 6.41. The molecular formula is C5H9NOS. The number of carbonyl (C=O) groups excluding carboxylic acids is 1. The van der Waals surface area contributed by atoms with Crippen LogP contribution in [-0.4, -0.2) is 11.4 Å². The Hall–Kier alpha value is -0.440. The van der Waals surface area contributed by atoms with Gasteiger partial charge >= 0.3 is 0 Å². The Kier molecular flexibility index (Phi) is 4.45. The van der Waals surface area contributed by atoms with Crippen molar-refractivity contribution in [1.29, 1.82) is 0 Å². The average Bonchev–Trinajstić information content (AvgIpc) is 1.68. The minimum Gasteiger partial charge on any atom is -0.323 e. The zero-order valence-corrected chi connectivity index (χ0v) is 5.62. The Labute approximate surface area is 54.3 Å². The van der Waals surface area contributed by atoms with Gasteiger partial charge in [0.1, 0.15) is 0 Å². The quantitative estimate of drug-likeness (QED) is 0.575. The molecule has 0 radical (unpaired) electrons. The van der Waals surface area contributed by atoms with E-state index < -0.39 is 0 Å². The van der Waals surface area contributed by atoms with E-state index in [1.54, 1.807) is 0 Å². The van der Waals surface area contributed by atoms with Gasteiger partial charge in [-0.25, -0.2) is 0 Å². The maximum atomic E-state index is 10.4. The highest BCUT2D eigenvalue weighted by atomic mass is 32.1. The molecule has 0 aromatic heterocycles. The molecule has 1 N–H and O–H groups in total. The Balaban J connectivity index is 3.18. The molecule has 0 bridgehead atoms. The molecule has 3 heteroatoms. The average molecular weight is 131 g/mol. The predicted molar refractivity (Wildman–Crippen MR) is 36.7 cm³/mol. The van der Waals surface area contributed by atoms with E-state index in [2.05, 4.69) is 17.5 Å². The first-order valence-corrected chi connectivity index (χ1v) is 3.01. The molecule has 0 spiro atoms. The summed E-state index contributed by atoms with van der Waals surface area (Å²) in [7, 11) is 0. The van der Waals surface area contributed by atoms with Crippen molar-refractivity contribution in [3.63, 3.8) is 0 Å². The topological polar surface area (TPSA) is 29.1 Å². The number of hydrogen-bond acceptors (Lipinski definition) is 2. The molecule has 0 unspecified atom stereocenters. The highest BCUT2D eigenvalue weighted by Crippen LogP contribution is 1.82. The lowest BCUT2D eigenvalue weighted by atomic mass is 10.3. The summed E-state index contributed by atoms with van der Waals surface area (Å²) in [5.41, 5.74) is 1.23. The number of nitrogens with one attached hydrogen (secondary N) is 1. The van der Waals surface area contributed by atoms with Crippen LogP contribution in [0.5, 0.6) is 0 Å². The molecule has 0 aliphatic carbocycles. The van der Waals surface area contributed by atoms with Crippen LogP contribution in [0.2, 0.25) is 0 Å². The fraction of sp³-hybridized carbons (Fsp3) is 0.600. The smallest absolute Gasteiger partial charge is 0.224 e. The number of amides is 1. The van der Waals surface area contributed by atoms with Crippen LogP contribution in [-0.2, 0) is 4.79 Å². The SMILES string of the molecule is CCCC(=O)NC=S. The highest BCUT2D eigenvalue weighted by Gasteiger charge is 1.91. The monoisotopic (exact) mass is 131 g/mol. The molecule has 0 saturated carbocycles. The van der Waals surface area contributed by atoms with Crippen LogP contribution < -0.4 is 5.32 Å². The Morgan fingerprint density at radius 2 is 2.50 bits per heavy atom. The third kappa shape index (κ3) is 3.74. The Morgan fingerprint density at radius 1 is 1.88 bits per heavy atom. The van der Waals surface area contributed by atoms with E-state index in [0.29, 0.717) is 6.42 Å². The van der Waals surface area contributed by atoms with Crippen molar-refractivity contribution >= 4 is 23.6 Å². The summed E-state index contributed by atoms with van der Waals surface area (Å²) >= 11 is 4.39. The van der Waals surface area contributed by atoms with Crippen LogP contribution in [0.1, 0.15) is 19.8 Å². The largest absolute Gasteiger partial charge is 0.323 e. The first kappa shape index (κ1) is 7.56. The van der Waals surface area contributed by atoms with Gasteiger partial charge in [-0.15, -0.1) is 0 Å².